The van der Waals surface area contributed by atoms with Crippen molar-refractivity contribution in [3.05, 3.63) is 77.4 Å². The molecule has 0 spiro atoms. The van der Waals surface area contributed by atoms with Gasteiger partial charge in [0.15, 0.2) is 6.61 Å². The molecular weight excluding hydrogens is 388 g/mol. The molecule has 31 heavy (non-hydrogen) atoms. The number of carbonyl (C=O) groups excluding carboxylic acids is 2. The summed E-state index contributed by atoms with van der Waals surface area (Å²) in [6.07, 6.45) is 0.162. The summed E-state index contributed by atoms with van der Waals surface area (Å²) in [7, 11) is 0. The first-order chi connectivity index (χ1) is 15.0. The molecule has 1 fully saturated rings. The average Bonchev–Trinajstić information content (AvgIpc) is 2.80. The van der Waals surface area contributed by atoms with Crippen LogP contribution in [0.1, 0.15) is 16.7 Å². The van der Waals surface area contributed by atoms with Crippen LogP contribution in [0, 0.1) is 13.8 Å². The third kappa shape index (κ3) is 4.71. The van der Waals surface area contributed by atoms with Gasteiger partial charge >= 0.3 is 5.97 Å². The van der Waals surface area contributed by atoms with Crippen molar-refractivity contribution in [2.45, 2.75) is 20.3 Å². The lowest BCUT2D eigenvalue weighted by Gasteiger charge is -2.37. The fourth-order valence-electron chi connectivity index (χ4n) is 4.16. The van der Waals surface area contributed by atoms with Crippen LogP contribution in [-0.4, -0.2) is 49.6 Å². The average molecular weight is 417 g/mol. The van der Waals surface area contributed by atoms with Gasteiger partial charge in [-0.2, -0.15) is 0 Å². The summed E-state index contributed by atoms with van der Waals surface area (Å²) in [5.74, 6) is -0.509. The lowest BCUT2D eigenvalue weighted by Crippen LogP contribution is -2.50. The van der Waals surface area contributed by atoms with Gasteiger partial charge in [-0.25, -0.2) is 0 Å². The van der Waals surface area contributed by atoms with Crippen LogP contribution in [0.15, 0.2) is 60.7 Å². The van der Waals surface area contributed by atoms with Gasteiger partial charge < -0.3 is 14.5 Å². The molecule has 0 aliphatic carbocycles. The fraction of sp³-hybridized carbons (Fsp3) is 0.308. The third-order valence-corrected chi connectivity index (χ3v) is 6.12. The minimum Gasteiger partial charge on any atom is -0.455 e. The van der Waals surface area contributed by atoms with E-state index in [0.29, 0.717) is 13.1 Å². The highest BCUT2D eigenvalue weighted by atomic mass is 16.5. The highest BCUT2D eigenvalue weighted by Crippen LogP contribution is 2.24. The van der Waals surface area contributed by atoms with Gasteiger partial charge in [0.2, 0.25) is 0 Å². The van der Waals surface area contributed by atoms with Gasteiger partial charge in [-0.05, 0) is 47.4 Å². The summed E-state index contributed by atoms with van der Waals surface area (Å²) in [4.78, 5) is 29.0. The summed E-state index contributed by atoms with van der Waals surface area (Å²) in [5.41, 5.74) is 4.70. The van der Waals surface area contributed by atoms with Gasteiger partial charge in [0, 0.05) is 31.9 Å². The van der Waals surface area contributed by atoms with E-state index in [1.165, 1.54) is 16.8 Å². The van der Waals surface area contributed by atoms with Crippen molar-refractivity contribution >= 4 is 28.3 Å². The summed E-state index contributed by atoms with van der Waals surface area (Å²) in [6, 6.07) is 20.2. The number of fused-ring (bicyclic) bond motifs is 1. The lowest BCUT2D eigenvalue weighted by molar-refractivity contribution is -0.151. The zero-order chi connectivity index (χ0) is 21.8. The van der Waals surface area contributed by atoms with Crippen molar-refractivity contribution < 1.29 is 14.3 Å². The number of piperazine rings is 1. The Morgan fingerprint density at radius 2 is 1.58 bits per heavy atom. The molecule has 1 saturated heterocycles. The van der Waals surface area contributed by atoms with E-state index in [1.54, 1.807) is 4.90 Å². The number of ether oxygens (including phenoxy) is 1. The van der Waals surface area contributed by atoms with E-state index < -0.39 is 0 Å². The topological polar surface area (TPSA) is 49.9 Å². The van der Waals surface area contributed by atoms with E-state index in [0.717, 1.165) is 29.4 Å². The highest BCUT2D eigenvalue weighted by Gasteiger charge is 2.23. The number of hydrogen-bond acceptors (Lipinski definition) is 4. The number of benzene rings is 3. The quantitative estimate of drug-likeness (QED) is 0.592. The second kappa shape index (κ2) is 9.21. The zero-order valence-electron chi connectivity index (χ0n) is 18.1. The maximum absolute atomic E-state index is 12.6. The van der Waals surface area contributed by atoms with Crippen molar-refractivity contribution in [2.24, 2.45) is 0 Å². The Balaban J connectivity index is 1.28. The zero-order valence-corrected chi connectivity index (χ0v) is 18.1. The normalized spacial score (nSPS) is 14.0. The van der Waals surface area contributed by atoms with Crippen molar-refractivity contribution in [3.63, 3.8) is 0 Å². The van der Waals surface area contributed by atoms with Gasteiger partial charge in [0.05, 0.1) is 6.42 Å². The first-order valence-corrected chi connectivity index (χ1v) is 10.7. The Hall–Kier alpha value is -3.34. The second-order valence-corrected chi connectivity index (χ2v) is 8.06. The molecule has 0 bridgehead atoms. The molecular formula is C26H28N2O3. The van der Waals surface area contributed by atoms with Gasteiger partial charge in [0.25, 0.3) is 5.91 Å². The number of carbonyl (C=O) groups is 2. The van der Waals surface area contributed by atoms with Gasteiger partial charge in [-0.3, -0.25) is 9.59 Å². The molecule has 0 saturated carbocycles. The maximum Gasteiger partial charge on any atom is 0.310 e. The van der Waals surface area contributed by atoms with E-state index in [1.807, 2.05) is 42.5 Å². The minimum absolute atomic E-state index is 0.133. The van der Waals surface area contributed by atoms with Gasteiger partial charge in [-0.15, -0.1) is 0 Å². The first kappa shape index (κ1) is 20.9. The van der Waals surface area contributed by atoms with Crippen LogP contribution in [0.25, 0.3) is 10.8 Å². The molecule has 0 aromatic heterocycles. The number of nitrogens with zero attached hydrogens (tertiary/aromatic N) is 2. The predicted molar refractivity (Wildman–Crippen MR) is 123 cm³/mol. The Morgan fingerprint density at radius 3 is 2.39 bits per heavy atom. The molecule has 1 heterocycles. The molecule has 1 aliphatic rings. The number of hydrogen-bond donors (Lipinski definition) is 0. The van der Waals surface area contributed by atoms with E-state index >= 15 is 0 Å². The van der Waals surface area contributed by atoms with Crippen LogP contribution in [0.2, 0.25) is 0 Å². The van der Waals surface area contributed by atoms with Crippen molar-refractivity contribution in [1.29, 1.82) is 0 Å². The number of aryl methyl sites for hydroxylation is 1. The number of esters is 1. The molecule has 0 radical (unpaired) electrons. The SMILES string of the molecule is Cc1cccc(N2CCN(C(=O)COC(=O)Cc3cccc4ccccc34)CC2)c1C. The molecule has 0 N–H and O–H groups in total. The molecule has 0 unspecified atom stereocenters. The first-order valence-electron chi connectivity index (χ1n) is 10.7. The molecule has 3 aromatic rings. The van der Waals surface area contributed by atoms with Crippen molar-refractivity contribution in [3.8, 4) is 0 Å². The molecule has 0 atom stereocenters. The molecule has 1 amide bonds. The standard InChI is InChI=1S/C26H28N2O3/c1-19-7-5-12-24(20(19)2)27-13-15-28(16-14-27)25(29)18-31-26(30)17-22-10-6-9-21-8-3-4-11-23(21)22/h3-12H,13-18H2,1-2H3. The van der Waals surface area contributed by atoms with E-state index in [-0.39, 0.29) is 24.9 Å². The minimum atomic E-state index is -0.376. The molecule has 1 aliphatic heterocycles. The smallest absolute Gasteiger partial charge is 0.310 e. The fourth-order valence-corrected chi connectivity index (χ4v) is 4.16. The molecule has 3 aromatic carbocycles. The van der Waals surface area contributed by atoms with E-state index in [4.69, 9.17) is 4.74 Å². The van der Waals surface area contributed by atoms with Gasteiger partial charge in [0.1, 0.15) is 0 Å². The predicted octanol–water partition coefficient (Wildman–Crippen LogP) is 3.89. The largest absolute Gasteiger partial charge is 0.455 e. The van der Waals surface area contributed by atoms with Crippen LogP contribution < -0.4 is 4.90 Å². The Labute approximate surface area is 183 Å². The Bertz CT molecular complexity index is 1100. The van der Waals surface area contributed by atoms with Crippen LogP contribution in [0.4, 0.5) is 5.69 Å². The van der Waals surface area contributed by atoms with Crippen LogP contribution in [-0.2, 0) is 20.7 Å². The van der Waals surface area contributed by atoms with Crippen LogP contribution >= 0.6 is 0 Å². The molecule has 160 valence electrons. The van der Waals surface area contributed by atoms with Crippen LogP contribution in [0.3, 0.4) is 0 Å². The summed E-state index contributed by atoms with van der Waals surface area (Å²) < 4.78 is 5.31. The monoisotopic (exact) mass is 416 g/mol. The summed E-state index contributed by atoms with van der Waals surface area (Å²) in [6.45, 7) is 6.87. The number of anilines is 1. The molecule has 5 heteroatoms. The Kier molecular flexibility index (Phi) is 6.21. The molecule has 4 rings (SSSR count). The lowest BCUT2D eigenvalue weighted by atomic mass is 10.0. The second-order valence-electron chi connectivity index (χ2n) is 8.06. The maximum atomic E-state index is 12.6. The molecule has 5 nitrogen and oxygen atoms in total. The number of amides is 1. The Morgan fingerprint density at radius 1 is 0.871 bits per heavy atom. The van der Waals surface area contributed by atoms with E-state index in [9.17, 15) is 9.59 Å². The van der Waals surface area contributed by atoms with Crippen molar-refractivity contribution in [2.75, 3.05) is 37.7 Å². The highest BCUT2D eigenvalue weighted by molar-refractivity contribution is 5.89. The summed E-state index contributed by atoms with van der Waals surface area (Å²) in [5, 5.41) is 2.13. The number of rotatable bonds is 5. The van der Waals surface area contributed by atoms with Crippen LogP contribution in [0.5, 0.6) is 0 Å². The van der Waals surface area contributed by atoms with Crippen molar-refractivity contribution in [1.82, 2.24) is 4.90 Å². The van der Waals surface area contributed by atoms with E-state index in [2.05, 4.69) is 36.9 Å². The summed E-state index contributed by atoms with van der Waals surface area (Å²) >= 11 is 0. The van der Waals surface area contributed by atoms with Gasteiger partial charge in [-0.1, -0.05) is 54.6 Å². The third-order valence-electron chi connectivity index (χ3n) is 6.12.